The Morgan fingerprint density at radius 3 is 2.32 bits per heavy atom. The molecule has 2 unspecified atom stereocenters. The van der Waals surface area contributed by atoms with Gasteiger partial charge in [-0.25, -0.2) is 4.79 Å². The van der Waals surface area contributed by atoms with Crippen molar-refractivity contribution in [3.8, 4) is 0 Å². The molecule has 1 amide bonds. The molecule has 1 fully saturated rings. The van der Waals surface area contributed by atoms with Crippen LogP contribution in [0.4, 0.5) is 4.79 Å². The smallest absolute Gasteiger partial charge is 0.410 e. The molecule has 6 heteroatoms. The summed E-state index contributed by atoms with van der Waals surface area (Å²) in [6, 6.07) is 0. The molecule has 0 spiro atoms. The summed E-state index contributed by atoms with van der Waals surface area (Å²) in [6.07, 6.45) is 0.303. The third-order valence-electron chi connectivity index (χ3n) is 3.31. The van der Waals surface area contributed by atoms with Crippen molar-refractivity contribution in [2.75, 3.05) is 20.2 Å². The van der Waals surface area contributed by atoms with Gasteiger partial charge in [0.25, 0.3) is 0 Å². The van der Waals surface area contributed by atoms with Crippen molar-refractivity contribution in [3.63, 3.8) is 0 Å². The van der Waals surface area contributed by atoms with E-state index in [1.54, 1.807) is 11.8 Å². The molecule has 1 rings (SSSR count). The second kappa shape index (κ2) is 5.36. The third-order valence-corrected chi connectivity index (χ3v) is 3.31. The molecule has 19 heavy (non-hydrogen) atoms. The van der Waals surface area contributed by atoms with Gasteiger partial charge in [-0.3, -0.25) is 4.79 Å². The van der Waals surface area contributed by atoms with E-state index in [4.69, 9.17) is 15.2 Å². The number of methoxy groups -OCH3 is 1. The van der Waals surface area contributed by atoms with Gasteiger partial charge < -0.3 is 20.1 Å². The second-order valence-electron chi connectivity index (χ2n) is 6.19. The minimum atomic E-state index is -1.08. The van der Waals surface area contributed by atoms with Gasteiger partial charge >= 0.3 is 12.1 Å². The highest BCUT2D eigenvalue weighted by molar-refractivity contribution is 5.80. The van der Waals surface area contributed by atoms with E-state index in [-0.39, 0.29) is 12.0 Å². The molecule has 2 atom stereocenters. The molecule has 110 valence electrons. The number of carbonyl (C=O) groups is 2. The van der Waals surface area contributed by atoms with E-state index in [9.17, 15) is 9.59 Å². The number of nitrogens with two attached hydrogens (primary N) is 1. The molecule has 0 radical (unpaired) electrons. The molecule has 0 aromatic rings. The number of ether oxygens (including phenoxy) is 2. The summed E-state index contributed by atoms with van der Waals surface area (Å²) in [6.45, 7) is 8.06. The summed E-state index contributed by atoms with van der Waals surface area (Å²) < 4.78 is 10.0. The fraction of sp³-hybridized carbons (Fsp3) is 0.846. The van der Waals surface area contributed by atoms with Gasteiger partial charge in [0.15, 0.2) is 0 Å². The molecule has 2 N–H and O–H groups in total. The van der Waals surface area contributed by atoms with Crippen LogP contribution in [-0.2, 0) is 14.3 Å². The van der Waals surface area contributed by atoms with Crippen LogP contribution in [0, 0.1) is 5.92 Å². The summed E-state index contributed by atoms with van der Waals surface area (Å²) in [7, 11) is 1.31. The van der Waals surface area contributed by atoms with Crippen LogP contribution in [0.25, 0.3) is 0 Å². The molecule has 0 saturated carbocycles. The summed E-state index contributed by atoms with van der Waals surface area (Å²) in [5.74, 6) is -0.573. The van der Waals surface area contributed by atoms with Crippen LogP contribution < -0.4 is 5.73 Å². The van der Waals surface area contributed by atoms with Crippen LogP contribution in [0.2, 0.25) is 0 Å². The van der Waals surface area contributed by atoms with Crippen LogP contribution in [0.1, 0.15) is 34.1 Å². The number of likely N-dealkylation sites (tertiary alicyclic amines) is 1. The predicted molar refractivity (Wildman–Crippen MR) is 70.5 cm³/mol. The lowest BCUT2D eigenvalue weighted by atomic mass is 9.86. The van der Waals surface area contributed by atoms with Crippen molar-refractivity contribution in [2.45, 2.75) is 45.3 Å². The van der Waals surface area contributed by atoms with Crippen LogP contribution in [0.15, 0.2) is 0 Å². The SMILES string of the molecule is COC(=O)C(C)(N)C1CCN(C(=O)OC(C)(C)C)C1. The number of hydrogen-bond acceptors (Lipinski definition) is 5. The van der Waals surface area contributed by atoms with Crippen LogP contribution in [0.3, 0.4) is 0 Å². The first kappa shape index (κ1) is 15.8. The van der Waals surface area contributed by atoms with Crippen molar-refractivity contribution in [3.05, 3.63) is 0 Å². The van der Waals surface area contributed by atoms with E-state index in [0.717, 1.165) is 0 Å². The molecule has 1 aliphatic rings. The Bertz CT molecular complexity index is 360. The Kier molecular flexibility index (Phi) is 4.45. The van der Waals surface area contributed by atoms with Crippen molar-refractivity contribution >= 4 is 12.1 Å². The molecule has 0 aromatic heterocycles. The zero-order chi connectivity index (χ0) is 14.8. The number of amides is 1. The predicted octanol–water partition coefficient (Wildman–Crippen LogP) is 1.13. The number of rotatable bonds is 2. The van der Waals surface area contributed by atoms with E-state index in [1.807, 2.05) is 20.8 Å². The lowest BCUT2D eigenvalue weighted by molar-refractivity contribution is -0.148. The van der Waals surface area contributed by atoms with E-state index in [0.29, 0.717) is 19.5 Å². The Balaban J connectivity index is 2.64. The van der Waals surface area contributed by atoms with Crippen molar-refractivity contribution in [1.82, 2.24) is 4.90 Å². The van der Waals surface area contributed by atoms with Crippen LogP contribution in [-0.4, -0.2) is 48.3 Å². The second-order valence-corrected chi connectivity index (χ2v) is 6.19. The molecule has 0 aliphatic carbocycles. The fourth-order valence-electron chi connectivity index (χ4n) is 2.13. The third kappa shape index (κ3) is 3.83. The van der Waals surface area contributed by atoms with Gasteiger partial charge in [0.1, 0.15) is 11.1 Å². The summed E-state index contributed by atoms with van der Waals surface area (Å²) in [5, 5.41) is 0. The number of carbonyl (C=O) groups excluding carboxylic acids is 2. The van der Waals surface area contributed by atoms with Crippen molar-refractivity contribution in [2.24, 2.45) is 11.7 Å². The van der Waals surface area contributed by atoms with Crippen molar-refractivity contribution in [1.29, 1.82) is 0 Å². The lowest BCUT2D eigenvalue weighted by Crippen LogP contribution is -2.53. The van der Waals surface area contributed by atoms with Crippen molar-refractivity contribution < 1.29 is 19.1 Å². The molecular weight excluding hydrogens is 248 g/mol. The lowest BCUT2D eigenvalue weighted by Gasteiger charge is -2.29. The maximum atomic E-state index is 11.9. The fourth-order valence-corrected chi connectivity index (χ4v) is 2.13. The first-order valence-corrected chi connectivity index (χ1v) is 6.43. The topological polar surface area (TPSA) is 81.9 Å². The highest BCUT2D eigenvalue weighted by atomic mass is 16.6. The largest absolute Gasteiger partial charge is 0.468 e. The number of esters is 1. The zero-order valence-corrected chi connectivity index (χ0v) is 12.4. The van der Waals surface area contributed by atoms with Gasteiger partial charge in [-0.05, 0) is 34.1 Å². The zero-order valence-electron chi connectivity index (χ0n) is 12.4. The molecule has 0 bridgehead atoms. The minimum absolute atomic E-state index is 0.118. The highest BCUT2D eigenvalue weighted by Crippen LogP contribution is 2.27. The molecule has 0 aromatic carbocycles. The highest BCUT2D eigenvalue weighted by Gasteiger charge is 2.43. The normalized spacial score (nSPS) is 22.8. The van der Waals surface area contributed by atoms with E-state index >= 15 is 0 Å². The molecule has 1 heterocycles. The summed E-state index contributed by atoms with van der Waals surface area (Å²) >= 11 is 0. The van der Waals surface area contributed by atoms with Gasteiger partial charge in [-0.15, -0.1) is 0 Å². The minimum Gasteiger partial charge on any atom is -0.468 e. The molecular formula is C13H24N2O4. The number of nitrogens with zero attached hydrogens (tertiary/aromatic N) is 1. The Morgan fingerprint density at radius 2 is 1.84 bits per heavy atom. The summed E-state index contributed by atoms with van der Waals surface area (Å²) in [5.41, 5.74) is 4.41. The average Bonchev–Trinajstić information content (AvgIpc) is 2.75. The van der Waals surface area contributed by atoms with Crippen LogP contribution in [0.5, 0.6) is 0 Å². The van der Waals surface area contributed by atoms with Gasteiger partial charge in [-0.1, -0.05) is 0 Å². The molecule has 6 nitrogen and oxygen atoms in total. The van der Waals surface area contributed by atoms with Gasteiger partial charge in [0, 0.05) is 19.0 Å². The molecule has 1 aliphatic heterocycles. The monoisotopic (exact) mass is 272 g/mol. The van der Waals surface area contributed by atoms with Gasteiger partial charge in [0.2, 0.25) is 0 Å². The van der Waals surface area contributed by atoms with E-state index in [2.05, 4.69) is 0 Å². The maximum Gasteiger partial charge on any atom is 0.410 e. The number of hydrogen-bond donors (Lipinski definition) is 1. The molecule has 1 saturated heterocycles. The van der Waals surface area contributed by atoms with Gasteiger partial charge in [0.05, 0.1) is 7.11 Å². The van der Waals surface area contributed by atoms with Gasteiger partial charge in [-0.2, -0.15) is 0 Å². The van der Waals surface area contributed by atoms with Crippen LogP contribution >= 0.6 is 0 Å². The Hall–Kier alpha value is -1.30. The maximum absolute atomic E-state index is 11.9. The van der Waals surface area contributed by atoms with E-state index < -0.39 is 17.1 Å². The quantitative estimate of drug-likeness (QED) is 0.762. The average molecular weight is 272 g/mol. The van der Waals surface area contributed by atoms with E-state index in [1.165, 1.54) is 7.11 Å². The Morgan fingerprint density at radius 1 is 1.26 bits per heavy atom. The Labute approximate surface area is 114 Å². The standard InChI is InChI=1S/C13H24N2O4/c1-12(2,3)19-11(17)15-7-6-9(8-15)13(4,14)10(16)18-5/h9H,6-8,14H2,1-5H3. The first-order chi connectivity index (χ1) is 8.58. The first-order valence-electron chi connectivity index (χ1n) is 6.43. The summed E-state index contributed by atoms with van der Waals surface area (Å²) in [4.78, 5) is 25.2.